The maximum absolute atomic E-state index is 5.86. The van der Waals surface area contributed by atoms with Crippen LogP contribution < -0.4 is 16.4 Å². The van der Waals surface area contributed by atoms with Gasteiger partial charge in [-0.25, -0.2) is 0 Å². The minimum atomic E-state index is 0.199. The highest BCUT2D eigenvalue weighted by molar-refractivity contribution is 5.77. The van der Waals surface area contributed by atoms with E-state index in [9.17, 15) is 0 Å². The third kappa shape index (κ3) is 2.10. The van der Waals surface area contributed by atoms with Gasteiger partial charge in [-0.15, -0.1) is 10.2 Å². The first-order valence-corrected chi connectivity index (χ1v) is 5.31. The summed E-state index contributed by atoms with van der Waals surface area (Å²) in [5.74, 6) is 0.732. The van der Waals surface area contributed by atoms with Crippen molar-refractivity contribution < 1.29 is 0 Å². The van der Waals surface area contributed by atoms with E-state index in [1.54, 1.807) is 0 Å². The van der Waals surface area contributed by atoms with Crippen molar-refractivity contribution in [3.8, 4) is 0 Å². The van der Waals surface area contributed by atoms with E-state index >= 15 is 0 Å². The van der Waals surface area contributed by atoms with Crippen molar-refractivity contribution in [3.63, 3.8) is 0 Å². The summed E-state index contributed by atoms with van der Waals surface area (Å²) in [4.78, 5) is 1.93. The van der Waals surface area contributed by atoms with Gasteiger partial charge in [-0.2, -0.15) is 0 Å². The Morgan fingerprint density at radius 3 is 2.47 bits per heavy atom. The fourth-order valence-corrected chi connectivity index (χ4v) is 1.60. The molecule has 6 nitrogen and oxygen atoms in total. The highest BCUT2D eigenvalue weighted by Gasteiger charge is 2.14. The number of nitrogens with two attached hydrogens (primary N) is 2. The molecule has 0 saturated heterocycles. The van der Waals surface area contributed by atoms with Gasteiger partial charge < -0.3 is 16.4 Å². The zero-order valence-electron chi connectivity index (χ0n) is 9.54. The van der Waals surface area contributed by atoms with Crippen LogP contribution in [-0.4, -0.2) is 22.0 Å². The van der Waals surface area contributed by atoms with E-state index in [1.807, 2.05) is 42.2 Å². The molecular formula is C11H14N6. The van der Waals surface area contributed by atoms with Crippen molar-refractivity contribution >= 4 is 23.0 Å². The van der Waals surface area contributed by atoms with E-state index in [2.05, 4.69) is 15.4 Å². The molecule has 4 N–H and O–H groups in total. The van der Waals surface area contributed by atoms with Gasteiger partial charge in [0, 0.05) is 12.2 Å². The summed E-state index contributed by atoms with van der Waals surface area (Å²) in [6.07, 6.45) is 0. The molecule has 88 valence electrons. The number of benzene rings is 1. The fourth-order valence-electron chi connectivity index (χ4n) is 1.60. The first kappa shape index (κ1) is 11.1. The molecule has 1 heterocycles. The normalized spacial score (nSPS) is 10.2. The zero-order valence-corrected chi connectivity index (χ0v) is 9.54. The fraction of sp³-hybridized carbons (Fsp3) is 0.182. The van der Waals surface area contributed by atoms with Crippen molar-refractivity contribution in [2.75, 3.05) is 22.9 Å². The number of aromatic nitrogens is 3. The van der Waals surface area contributed by atoms with Crippen molar-refractivity contribution in [1.82, 2.24) is 15.4 Å². The van der Waals surface area contributed by atoms with Crippen molar-refractivity contribution in [3.05, 3.63) is 30.3 Å². The number of hydrogen-bond donors (Lipinski definition) is 2. The Hall–Kier alpha value is -2.37. The molecule has 1 aromatic carbocycles. The largest absolute Gasteiger partial charge is 0.393 e. The summed E-state index contributed by atoms with van der Waals surface area (Å²) in [6.45, 7) is 2.72. The predicted molar refractivity (Wildman–Crippen MR) is 67.8 cm³/mol. The lowest BCUT2D eigenvalue weighted by Crippen LogP contribution is -2.20. The number of rotatable bonds is 3. The van der Waals surface area contributed by atoms with Crippen LogP contribution in [0.3, 0.4) is 0 Å². The predicted octanol–water partition coefficient (Wildman–Crippen LogP) is 1.19. The highest BCUT2D eigenvalue weighted by Crippen LogP contribution is 2.29. The second-order valence-electron chi connectivity index (χ2n) is 3.49. The minimum Gasteiger partial charge on any atom is -0.393 e. The summed E-state index contributed by atoms with van der Waals surface area (Å²) in [5, 5.41) is 11.2. The summed E-state index contributed by atoms with van der Waals surface area (Å²) >= 11 is 0. The third-order valence-corrected chi connectivity index (χ3v) is 2.45. The number of hydrogen-bond acceptors (Lipinski definition) is 6. The van der Waals surface area contributed by atoms with Crippen LogP contribution in [0.5, 0.6) is 0 Å². The second-order valence-corrected chi connectivity index (χ2v) is 3.49. The van der Waals surface area contributed by atoms with Gasteiger partial charge in [-0.3, -0.25) is 0 Å². The molecule has 0 aliphatic carbocycles. The smallest absolute Gasteiger partial charge is 0.184 e. The lowest BCUT2D eigenvalue weighted by atomic mass is 10.2. The summed E-state index contributed by atoms with van der Waals surface area (Å²) in [5.41, 5.74) is 12.8. The molecule has 0 saturated carbocycles. The van der Waals surface area contributed by atoms with Gasteiger partial charge in [0.2, 0.25) is 0 Å². The van der Waals surface area contributed by atoms with Gasteiger partial charge in [-0.1, -0.05) is 18.2 Å². The lowest BCUT2D eigenvalue weighted by molar-refractivity contribution is 0.848. The molecule has 2 aromatic rings. The Bertz CT molecular complexity index is 499. The van der Waals surface area contributed by atoms with Gasteiger partial charge >= 0.3 is 0 Å². The van der Waals surface area contributed by atoms with Gasteiger partial charge in [0.15, 0.2) is 11.6 Å². The quantitative estimate of drug-likeness (QED) is 0.822. The Morgan fingerprint density at radius 2 is 1.82 bits per heavy atom. The number of anilines is 4. The van der Waals surface area contributed by atoms with Gasteiger partial charge in [-0.05, 0) is 24.3 Å². The summed E-state index contributed by atoms with van der Waals surface area (Å²) in [7, 11) is 0. The van der Waals surface area contributed by atoms with Crippen molar-refractivity contribution in [2.24, 2.45) is 0 Å². The van der Waals surface area contributed by atoms with Crippen LogP contribution in [0.25, 0.3) is 0 Å². The number of nitrogens with zero attached hydrogens (tertiary/aromatic N) is 4. The van der Waals surface area contributed by atoms with E-state index in [0.29, 0.717) is 18.1 Å². The molecule has 0 bridgehead atoms. The van der Waals surface area contributed by atoms with E-state index < -0.39 is 0 Å². The Morgan fingerprint density at radius 1 is 1.12 bits per heavy atom. The molecule has 0 radical (unpaired) electrons. The van der Waals surface area contributed by atoms with Crippen LogP contribution in [-0.2, 0) is 0 Å². The van der Waals surface area contributed by atoms with Crippen LogP contribution in [0.15, 0.2) is 30.3 Å². The zero-order chi connectivity index (χ0) is 12.3. The van der Waals surface area contributed by atoms with E-state index in [4.69, 9.17) is 11.5 Å². The minimum absolute atomic E-state index is 0.199. The molecule has 0 fully saturated rings. The molecule has 6 heteroatoms. The van der Waals surface area contributed by atoms with Crippen LogP contribution in [0.2, 0.25) is 0 Å². The summed E-state index contributed by atoms with van der Waals surface area (Å²) < 4.78 is 0. The average Bonchev–Trinajstić information content (AvgIpc) is 2.37. The molecule has 0 aliphatic rings. The molecule has 1 aromatic heterocycles. The standard InChI is InChI=1S/C11H14N6/c1-2-17(8-6-4-3-5-7-8)11-9(12)10(13)14-16-15-11/h3-7H,2H2,1H3,(H2,12,16)(H2,13,14,15). The van der Waals surface area contributed by atoms with Crippen molar-refractivity contribution in [2.45, 2.75) is 6.92 Å². The molecular weight excluding hydrogens is 216 g/mol. The van der Waals surface area contributed by atoms with E-state index in [0.717, 1.165) is 5.69 Å². The van der Waals surface area contributed by atoms with Gasteiger partial charge in [0.05, 0.1) is 0 Å². The molecule has 0 spiro atoms. The van der Waals surface area contributed by atoms with Gasteiger partial charge in [0.1, 0.15) is 5.69 Å². The number of para-hydroxylation sites is 1. The SMILES string of the molecule is CCN(c1ccccc1)c1nnnc(N)c1N. The lowest BCUT2D eigenvalue weighted by Gasteiger charge is -2.22. The van der Waals surface area contributed by atoms with Crippen molar-refractivity contribution in [1.29, 1.82) is 0 Å². The van der Waals surface area contributed by atoms with Crippen LogP contribution in [0.4, 0.5) is 23.0 Å². The maximum Gasteiger partial charge on any atom is 0.184 e. The van der Waals surface area contributed by atoms with Crippen LogP contribution >= 0.6 is 0 Å². The second kappa shape index (κ2) is 4.65. The Balaban J connectivity index is 2.46. The first-order chi connectivity index (χ1) is 8.24. The van der Waals surface area contributed by atoms with E-state index in [-0.39, 0.29) is 5.82 Å². The molecule has 0 amide bonds. The molecule has 17 heavy (non-hydrogen) atoms. The van der Waals surface area contributed by atoms with Crippen LogP contribution in [0, 0.1) is 0 Å². The molecule has 0 aliphatic heterocycles. The third-order valence-electron chi connectivity index (χ3n) is 2.45. The molecule has 0 atom stereocenters. The topological polar surface area (TPSA) is 94.0 Å². The average molecular weight is 230 g/mol. The Labute approximate surface area is 99.3 Å². The highest BCUT2D eigenvalue weighted by atomic mass is 15.4. The first-order valence-electron chi connectivity index (χ1n) is 5.31. The monoisotopic (exact) mass is 230 g/mol. The Kier molecular flexibility index (Phi) is 3.04. The van der Waals surface area contributed by atoms with Crippen LogP contribution in [0.1, 0.15) is 6.92 Å². The molecule has 0 unspecified atom stereocenters. The molecule has 2 rings (SSSR count). The maximum atomic E-state index is 5.86. The number of nitrogen functional groups attached to an aromatic ring is 2. The summed E-state index contributed by atoms with van der Waals surface area (Å²) in [6, 6.07) is 9.80. The van der Waals surface area contributed by atoms with E-state index in [1.165, 1.54) is 0 Å². The van der Waals surface area contributed by atoms with Gasteiger partial charge in [0.25, 0.3) is 0 Å².